The Hall–Kier alpha value is -4.90. The van der Waals surface area contributed by atoms with Crippen LogP contribution >= 0.6 is 0 Å². The van der Waals surface area contributed by atoms with Crippen molar-refractivity contribution in [1.29, 1.82) is 5.26 Å². The molecule has 5 aromatic rings. The zero-order valence-corrected chi connectivity index (χ0v) is 20.9. The summed E-state index contributed by atoms with van der Waals surface area (Å²) >= 11 is 0. The third-order valence-corrected chi connectivity index (χ3v) is 6.41. The molecule has 1 unspecified atom stereocenters. The summed E-state index contributed by atoms with van der Waals surface area (Å²) < 4.78 is 18.3. The molecule has 2 heterocycles. The Bertz CT molecular complexity index is 1680. The number of fused-ring (bicyclic) bond motifs is 2. The molecule has 0 saturated carbocycles. The van der Waals surface area contributed by atoms with Crippen molar-refractivity contribution in [3.8, 4) is 34.6 Å². The summed E-state index contributed by atoms with van der Waals surface area (Å²) in [6.45, 7) is 0. The lowest BCUT2D eigenvalue weighted by Crippen LogP contribution is -2.16. The lowest BCUT2D eigenvalue weighted by atomic mass is 9.93. The molecule has 37 heavy (non-hydrogen) atoms. The first-order valence-corrected chi connectivity index (χ1v) is 11.6. The van der Waals surface area contributed by atoms with Gasteiger partial charge in [0.05, 0.1) is 49.6 Å². The number of carbonyl (C=O) groups excluding carboxylic acids is 1. The fourth-order valence-corrected chi connectivity index (χ4v) is 4.57. The normalized spacial score (nSPS) is 11.8. The summed E-state index contributed by atoms with van der Waals surface area (Å²) in [5.74, 6) is 0.328. The number of nitrogens with zero attached hydrogens (tertiary/aromatic N) is 4. The molecule has 0 aliphatic rings. The van der Waals surface area contributed by atoms with Crippen LogP contribution < -0.4 is 14.2 Å². The van der Waals surface area contributed by atoms with E-state index in [1.807, 2.05) is 55.6 Å². The van der Waals surface area contributed by atoms with Gasteiger partial charge in [0.1, 0.15) is 5.82 Å². The number of nitriles is 1. The molecular weight excluding hydrogens is 468 g/mol. The third-order valence-electron chi connectivity index (χ3n) is 6.41. The Kier molecular flexibility index (Phi) is 6.20. The Morgan fingerprint density at radius 3 is 2.16 bits per heavy atom. The number of carbonyl (C=O) groups is 1. The van der Waals surface area contributed by atoms with E-state index in [4.69, 9.17) is 19.2 Å². The molecule has 8 heteroatoms. The number of methoxy groups -OCH3 is 3. The maximum absolute atomic E-state index is 14.0. The van der Waals surface area contributed by atoms with Gasteiger partial charge in [-0.25, -0.2) is 9.97 Å². The molecule has 5 rings (SSSR count). The molecule has 0 amide bonds. The van der Waals surface area contributed by atoms with E-state index in [1.54, 1.807) is 22.8 Å². The van der Waals surface area contributed by atoms with Gasteiger partial charge in [-0.3, -0.25) is 4.79 Å². The Morgan fingerprint density at radius 1 is 0.892 bits per heavy atom. The zero-order valence-electron chi connectivity index (χ0n) is 20.9. The molecule has 0 bridgehead atoms. The van der Waals surface area contributed by atoms with E-state index in [0.717, 1.165) is 11.0 Å². The van der Waals surface area contributed by atoms with Gasteiger partial charge in [-0.1, -0.05) is 30.3 Å². The standard InChI is InChI=1S/C29H24N4O4/c1-33-24-12-8-7-11-22(24)32-29(33)20(16-30)27(34)19-15-23(31-21-10-6-5-9-18(19)21)17-13-25(35-2)28(37-4)26(14-17)36-3/h5-15,20H,1-4H3. The average Bonchev–Trinajstić information content (AvgIpc) is 3.27. The molecule has 0 saturated heterocycles. The largest absolute Gasteiger partial charge is 0.493 e. The number of benzene rings is 3. The van der Waals surface area contributed by atoms with Gasteiger partial charge in [0.25, 0.3) is 0 Å². The van der Waals surface area contributed by atoms with Gasteiger partial charge in [-0.2, -0.15) is 5.26 Å². The first-order chi connectivity index (χ1) is 18.0. The number of ether oxygens (including phenoxy) is 3. The number of Topliss-reactive ketones (excluding diaryl/α,β-unsaturated/α-hetero) is 1. The van der Waals surface area contributed by atoms with Crippen LogP contribution in [0.15, 0.2) is 66.7 Å². The van der Waals surface area contributed by atoms with Crippen LogP contribution in [0.25, 0.3) is 33.2 Å². The summed E-state index contributed by atoms with van der Waals surface area (Å²) in [6.07, 6.45) is 0. The van der Waals surface area contributed by atoms with Gasteiger partial charge < -0.3 is 18.8 Å². The first-order valence-electron chi connectivity index (χ1n) is 11.6. The predicted molar refractivity (Wildman–Crippen MR) is 140 cm³/mol. The third kappa shape index (κ3) is 4.00. The molecule has 0 aliphatic heterocycles. The number of hydrogen-bond donors (Lipinski definition) is 0. The highest BCUT2D eigenvalue weighted by Gasteiger charge is 2.29. The van der Waals surface area contributed by atoms with Gasteiger partial charge in [0.15, 0.2) is 23.2 Å². The van der Waals surface area contributed by atoms with Crippen molar-refractivity contribution < 1.29 is 19.0 Å². The van der Waals surface area contributed by atoms with Crippen molar-refractivity contribution in [2.45, 2.75) is 5.92 Å². The van der Waals surface area contributed by atoms with E-state index >= 15 is 0 Å². The zero-order chi connectivity index (χ0) is 26.1. The van der Waals surface area contributed by atoms with Gasteiger partial charge >= 0.3 is 0 Å². The average molecular weight is 493 g/mol. The van der Waals surface area contributed by atoms with E-state index in [1.165, 1.54) is 21.3 Å². The smallest absolute Gasteiger partial charge is 0.203 e. The van der Waals surface area contributed by atoms with Crippen LogP contribution in [-0.2, 0) is 7.05 Å². The maximum atomic E-state index is 14.0. The van der Waals surface area contributed by atoms with Crippen molar-refractivity contribution in [2.24, 2.45) is 7.05 Å². The van der Waals surface area contributed by atoms with E-state index in [2.05, 4.69) is 11.1 Å². The van der Waals surface area contributed by atoms with E-state index < -0.39 is 5.92 Å². The Balaban J connectivity index is 1.69. The van der Waals surface area contributed by atoms with E-state index in [9.17, 15) is 10.1 Å². The van der Waals surface area contributed by atoms with Crippen LogP contribution in [0, 0.1) is 11.3 Å². The summed E-state index contributed by atoms with van der Waals surface area (Å²) in [6, 6.07) is 22.4. The van der Waals surface area contributed by atoms with Gasteiger partial charge in [0, 0.05) is 23.6 Å². The number of rotatable bonds is 7. The fraction of sp³-hybridized carbons (Fsp3) is 0.172. The van der Waals surface area contributed by atoms with Crippen molar-refractivity contribution in [3.05, 3.63) is 78.1 Å². The highest BCUT2D eigenvalue weighted by atomic mass is 16.5. The molecule has 0 spiro atoms. The quantitative estimate of drug-likeness (QED) is 0.284. The van der Waals surface area contributed by atoms with Gasteiger partial charge in [0.2, 0.25) is 5.75 Å². The summed E-state index contributed by atoms with van der Waals surface area (Å²) in [5.41, 5.74) is 3.79. The number of para-hydroxylation sites is 3. The number of hydrogen-bond acceptors (Lipinski definition) is 7. The Morgan fingerprint density at radius 2 is 1.54 bits per heavy atom. The lowest BCUT2D eigenvalue weighted by molar-refractivity contribution is 0.0977. The number of imidazole rings is 1. The monoisotopic (exact) mass is 492 g/mol. The number of pyridine rings is 1. The lowest BCUT2D eigenvalue weighted by Gasteiger charge is -2.16. The van der Waals surface area contributed by atoms with Crippen LogP contribution in [0.5, 0.6) is 17.2 Å². The highest BCUT2D eigenvalue weighted by Crippen LogP contribution is 2.41. The molecule has 0 N–H and O–H groups in total. The van der Waals surface area contributed by atoms with Crippen molar-refractivity contribution >= 4 is 27.7 Å². The number of aromatic nitrogens is 3. The van der Waals surface area contributed by atoms with Gasteiger partial charge in [-0.05, 0) is 36.4 Å². The van der Waals surface area contributed by atoms with E-state index in [-0.39, 0.29) is 5.78 Å². The van der Waals surface area contributed by atoms with Gasteiger partial charge in [-0.15, -0.1) is 0 Å². The summed E-state index contributed by atoms with van der Waals surface area (Å²) in [4.78, 5) is 23.4. The molecule has 0 radical (unpaired) electrons. The molecule has 0 fully saturated rings. The SMILES string of the molecule is COc1cc(-c2cc(C(=O)C(C#N)c3nc4ccccc4n3C)c3ccccc3n2)cc(OC)c1OC. The molecule has 2 aromatic heterocycles. The second kappa shape index (κ2) is 9.63. The molecule has 8 nitrogen and oxygen atoms in total. The topological polar surface area (TPSA) is 99.3 Å². The second-order valence-electron chi connectivity index (χ2n) is 8.43. The predicted octanol–water partition coefficient (Wildman–Crippen LogP) is 5.30. The van der Waals surface area contributed by atoms with Crippen LogP contribution in [-0.4, -0.2) is 41.6 Å². The van der Waals surface area contributed by atoms with Crippen LogP contribution in [0.1, 0.15) is 22.1 Å². The molecule has 3 aromatic carbocycles. The van der Waals surface area contributed by atoms with Crippen molar-refractivity contribution in [1.82, 2.24) is 14.5 Å². The van der Waals surface area contributed by atoms with Crippen LogP contribution in [0.2, 0.25) is 0 Å². The molecule has 184 valence electrons. The van der Waals surface area contributed by atoms with Crippen LogP contribution in [0.4, 0.5) is 0 Å². The van der Waals surface area contributed by atoms with E-state index in [0.29, 0.717) is 50.8 Å². The highest BCUT2D eigenvalue weighted by molar-refractivity contribution is 6.12. The van der Waals surface area contributed by atoms with Crippen molar-refractivity contribution in [3.63, 3.8) is 0 Å². The van der Waals surface area contributed by atoms with Crippen molar-refractivity contribution in [2.75, 3.05) is 21.3 Å². The fourth-order valence-electron chi connectivity index (χ4n) is 4.57. The molecule has 1 atom stereocenters. The molecule has 0 aliphatic carbocycles. The number of ketones is 1. The minimum atomic E-state index is -1.10. The second-order valence-corrected chi connectivity index (χ2v) is 8.43. The Labute approximate surface area is 213 Å². The molecular formula is C29H24N4O4. The minimum absolute atomic E-state index is 0.354. The number of aryl methyl sites for hydroxylation is 1. The maximum Gasteiger partial charge on any atom is 0.203 e. The summed E-state index contributed by atoms with van der Waals surface area (Å²) in [7, 11) is 6.43. The van der Waals surface area contributed by atoms with Crippen LogP contribution in [0.3, 0.4) is 0 Å². The summed E-state index contributed by atoms with van der Waals surface area (Å²) in [5, 5.41) is 10.8. The first kappa shape index (κ1) is 23.8. The minimum Gasteiger partial charge on any atom is -0.493 e.